The molecule has 1 aromatic rings. The zero-order valence-electron chi connectivity index (χ0n) is 8.69. The minimum absolute atomic E-state index is 0.249. The smallest absolute Gasteiger partial charge is 0.0818 e. The molecule has 0 aliphatic heterocycles. The molecule has 0 amide bonds. The lowest BCUT2D eigenvalue weighted by atomic mass is 9.94. The van der Waals surface area contributed by atoms with Gasteiger partial charge in [0, 0.05) is 0 Å². The zero-order chi connectivity index (χ0) is 9.97. The van der Waals surface area contributed by atoms with E-state index in [0.717, 1.165) is 11.5 Å². The first-order valence-electron chi connectivity index (χ1n) is 5.50. The Kier molecular flexibility index (Phi) is 2.87. The first kappa shape index (κ1) is 9.72. The van der Waals surface area contributed by atoms with E-state index in [-0.39, 0.29) is 6.10 Å². The Morgan fingerprint density at radius 2 is 1.93 bits per heavy atom. The van der Waals surface area contributed by atoms with Gasteiger partial charge in [-0.1, -0.05) is 43.7 Å². The molecule has 1 aliphatic rings. The molecule has 0 radical (unpaired) electrons. The van der Waals surface area contributed by atoms with E-state index in [2.05, 4.69) is 6.92 Å². The highest BCUT2D eigenvalue weighted by Gasteiger charge is 2.28. The molecule has 0 heterocycles. The van der Waals surface area contributed by atoms with Crippen LogP contribution in [0.25, 0.3) is 0 Å². The molecule has 76 valence electrons. The Hall–Kier alpha value is -0.820. The molecule has 0 bridgehead atoms. The topological polar surface area (TPSA) is 20.2 Å². The minimum Gasteiger partial charge on any atom is -0.388 e. The molecule has 1 nitrogen and oxygen atoms in total. The van der Waals surface area contributed by atoms with Crippen molar-refractivity contribution in [2.75, 3.05) is 0 Å². The Morgan fingerprint density at radius 1 is 1.21 bits per heavy atom. The van der Waals surface area contributed by atoms with E-state index in [4.69, 9.17) is 0 Å². The number of aliphatic hydroxyl groups excluding tert-OH is 1. The van der Waals surface area contributed by atoms with E-state index in [9.17, 15) is 5.11 Å². The van der Waals surface area contributed by atoms with E-state index < -0.39 is 0 Å². The predicted molar refractivity (Wildman–Crippen MR) is 57.9 cm³/mol. The molecular weight excluding hydrogens is 172 g/mol. The monoisotopic (exact) mass is 190 g/mol. The Labute approximate surface area is 85.8 Å². The maximum Gasteiger partial charge on any atom is 0.0818 e. The van der Waals surface area contributed by atoms with Gasteiger partial charge in [0.05, 0.1) is 6.10 Å². The first-order chi connectivity index (χ1) is 6.77. The zero-order valence-corrected chi connectivity index (χ0v) is 8.69. The van der Waals surface area contributed by atoms with Crippen LogP contribution in [-0.2, 0) is 0 Å². The van der Waals surface area contributed by atoms with Crippen LogP contribution < -0.4 is 0 Å². The van der Waals surface area contributed by atoms with Crippen LogP contribution in [0.4, 0.5) is 0 Å². The molecule has 1 N–H and O–H groups in total. The van der Waals surface area contributed by atoms with Crippen molar-refractivity contribution < 1.29 is 5.11 Å². The lowest BCUT2D eigenvalue weighted by molar-refractivity contribution is 0.109. The summed E-state index contributed by atoms with van der Waals surface area (Å²) in [6, 6.07) is 10.0. The van der Waals surface area contributed by atoms with Crippen molar-refractivity contribution in [3.8, 4) is 0 Å². The molecule has 2 rings (SSSR count). The quantitative estimate of drug-likeness (QED) is 0.759. The van der Waals surface area contributed by atoms with E-state index in [1.54, 1.807) is 0 Å². The predicted octanol–water partition coefficient (Wildman–Crippen LogP) is 3.16. The van der Waals surface area contributed by atoms with Gasteiger partial charge in [0.2, 0.25) is 0 Å². The largest absolute Gasteiger partial charge is 0.388 e. The van der Waals surface area contributed by atoms with Gasteiger partial charge in [-0.15, -0.1) is 0 Å². The standard InChI is InChI=1S/C13H18O/c1-10-7-8-12(9-10)13(14)11-5-3-2-4-6-11/h2-6,10,12-14H,7-9H2,1H3/t10-,12+,13+/m0/s1. The first-order valence-corrected chi connectivity index (χ1v) is 5.50. The van der Waals surface area contributed by atoms with Gasteiger partial charge in [-0.3, -0.25) is 0 Å². The fourth-order valence-corrected chi connectivity index (χ4v) is 2.46. The van der Waals surface area contributed by atoms with Crippen LogP contribution in [0.2, 0.25) is 0 Å². The van der Waals surface area contributed by atoms with E-state index in [1.165, 1.54) is 19.3 Å². The Morgan fingerprint density at radius 3 is 2.50 bits per heavy atom. The third kappa shape index (κ3) is 1.98. The summed E-state index contributed by atoms with van der Waals surface area (Å²) < 4.78 is 0. The molecule has 1 saturated carbocycles. The van der Waals surface area contributed by atoms with Gasteiger partial charge in [-0.05, 0) is 30.2 Å². The van der Waals surface area contributed by atoms with Crippen molar-refractivity contribution in [1.82, 2.24) is 0 Å². The van der Waals surface area contributed by atoms with Gasteiger partial charge in [0.25, 0.3) is 0 Å². The molecular formula is C13H18O. The third-order valence-corrected chi connectivity index (χ3v) is 3.32. The van der Waals surface area contributed by atoms with Crippen LogP contribution in [0, 0.1) is 11.8 Å². The summed E-state index contributed by atoms with van der Waals surface area (Å²) in [6.45, 7) is 2.28. The van der Waals surface area contributed by atoms with Crippen LogP contribution in [0.1, 0.15) is 37.9 Å². The van der Waals surface area contributed by atoms with Crippen LogP contribution in [0.15, 0.2) is 30.3 Å². The van der Waals surface area contributed by atoms with Crippen molar-refractivity contribution in [2.45, 2.75) is 32.3 Å². The van der Waals surface area contributed by atoms with Gasteiger partial charge in [-0.2, -0.15) is 0 Å². The van der Waals surface area contributed by atoms with E-state index >= 15 is 0 Å². The number of aliphatic hydroxyl groups is 1. The maximum atomic E-state index is 10.1. The molecule has 14 heavy (non-hydrogen) atoms. The van der Waals surface area contributed by atoms with Crippen LogP contribution >= 0.6 is 0 Å². The average Bonchev–Trinajstić information content (AvgIpc) is 2.65. The van der Waals surface area contributed by atoms with Gasteiger partial charge < -0.3 is 5.11 Å². The second kappa shape index (κ2) is 4.14. The molecule has 0 aromatic heterocycles. The summed E-state index contributed by atoms with van der Waals surface area (Å²) in [6.07, 6.45) is 3.38. The molecule has 1 aliphatic carbocycles. The van der Waals surface area contributed by atoms with Crippen molar-refractivity contribution in [1.29, 1.82) is 0 Å². The molecule has 0 saturated heterocycles. The van der Waals surface area contributed by atoms with Gasteiger partial charge in [-0.25, -0.2) is 0 Å². The molecule has 1 heteroatoms. The number of hydrogen-bond acceptors (Lipinski definition) is 1. The fourth-order valence-electron chi connectivity index (χ4n) is 2.46. The normalized spacial score (nSPS) is 29.0. The molecule has 1 fully saturated rings. The summed E-state index contributed by atoms with van der Waals surface area (Å²) in [4.78, 5) is 0. The highest BCUT2D eigenvalue weighted by molar-refractivity contribution is 5.18. The number of rotatable bonds is 2. The van der Waals surface area contributed by atoms with Crippen LogP contribution in [0.5, 0.6) is 0 Å². The Balaban J connectivity index is 2.05. The van der Waals surface area contributed by atoms with Crippen LogP contribution in [-0.4, -0.2) is 5.11 Å². The fraction of sp³-hybridized carbons (Fsp3) is 0.538. The van der Waals surface area contributed by atoms with Crippen molar-refractivity contribution >= 4 is 0 Å². The van der Waals surface area contributed by atoms with Crippen molar-refractivity contribution in [3.05, 3.63) is 35.9 Å². The highest BCUT2D eigenvalue weighted by atomic mass is 16.3. The molecule has 0 spiro atoms. The third-order valence-electron chi connectivity index (χ3n) is 3.32. The summed E-state index contributed by atoms with van der Waals surface area (Å²) in [5.41, 5.74) is 1.08. The lowest BCUT2D eigenvalue weighted by Gasteiger charge is -2.18. The highest BCUT2D eigenvalue weighted by Crippen LogP contribution is 2.38. The molecule has 3 atom stereocenters. The maximum absolute atomic E-state index is 10.1. The van der Waals surface area contributed by atoms with Crippen molar-refractivity contribution in [3.63, 3.8) is 0 Å². The van der Waals surface area contributed by atoms with E-state index in [0.29, 0.717) is 5.92 Å². The van der Waals surface area contributed by atoms with Gasteiger partial charge in [0.15, 0.2) is 0 Å². The van der Waals surface area contributed by atoms with Gasteiger partial charge in [0.1, 0.15) is 0 Å². The molecule has 0 unspecified atom stereocenters. The lowest BCUT2D eigenvalue weighted by Crippen LogP contribution is -2.09. The SMILES string of the molecule is C[C@H]1CC[C@@H]([C@H](O)c2ccccc2)C1. The Bertz CT molecular complexity index is 281. The number of benzene rings is 1. The second-order valence-electron chi connectivity index (χ2n) is 4.53. The molecule has 1 aromatic carbocycles. The minimum atomic E-state index is -0.249. The second-order valence-corrected chi connectivity index (χ2v) is 4.53. The van der Waals surface area contributed by atoms with Crippen molar-refractivity contribution in [2.24, 2.45) is 11.8 Å². The van der Waals surface area contributed by atoms with Gasteiger partial charge >= 0.3 is 0 Å². The average molecular weight is 190 g/mol. The summed E-state index contributed by atoms with van der Waals surface area (Å²) in [5, 5.41) is 10.1. The number of hydrogen-bond donors (Lipinski definition) is 1. The summed E-state index contributed by atoms with van der Waals surface area (Å²) >= 11 is 0. The summed E-state index contributed by atoms with van der Waals surface area (Å²) in [5.74, 6) is 1.27. The van der Waals surface area contributed by atoms with E-state index in [1.807, 2.05) is 30.3 Å². The summed E-state index contributed by atoms with van der Waals surface area (Å²) in [7, 11) is 0. The van der Waals surface area contributed by atoms with Crippen LogP contribution in [0.3, 0.4) is 0 Å².